The van der Waals surface area contributed by atoms with Crippen molar-refractivity contribution in [3.05, 3.63) is 45.5 Å². The summed E-state index contributed by atoms with van der Waals surface area (Å²) in [5.74, 6) is -1.14. The van der Waals surface area contributed by atoms with Gasteiger partial charge in [0.1, 0.15) is 6.54 Å². The third-order valence-electron chi connectivity index (χ3n) is 4.14. The Morgan fingerprint density at radius 2 is 2.13 bits per heavy atom. The minimum Gasteiger partial charge on any atom is -0.465 e. The van der Waals surface area contributed by atoms with E-state index in [1.807, 2.05) is 13.0 Å². The number of hydrogen-bond acceptors (Lipinski definition) is 10. The molecular weight excluding hydrogens is 404 g/mol. The number of nitrogen functional groups attached to an aromatic ring is 1. The zero-order chi connectivity index (χ0) is 22.8. The van der Waals surface area contributed by atoms with Gasteiger partial charge in [-0.25, -0.2) is 0 Å². The number of nitriles is 1. The Kier molecular flexibility index (Phi) is 8.51. The molecule has 11 heteroatoms. The van der Waals surface area contributed by atoms with Crippen LogP contribution < -0.4 is 15.4 Å². The lowest BCUT2D eigenvalue weighted by Crippen LogP contribution is -2.32. The van der Waals surface area contributed by atoms with Gasteiger partial charge in [0.25, 0.3) is 0 Å². The number of carbonyl (C=O) groups excluding carboxylic acids is 1. The van der Waals surface area contributed by atoms with Crippen molar-refractivity contribution in [3.8, 4) is 12.1 Å². The van der Waals surface area contributed by atoms with Gasteiger partial charge in [-0.15, -0.1) is 0 Å². The molecule has 31 heavy (non-hydrogen) atoms. The number of benzene rings is 1. The van der Waals surface area contributed by atoms with E-state index in [1.54, 1.807) is 31.2 Å². The Balaban J connectivity index is 2.51. The van der Waals surface area contributed by atoms with E-state index in [4.69, 9.17) is 20.5 Å². The molecule has 0 amide bonds. The summed E-state index contributed by atoms with van der Waals surface area (Å²) in [4.78, 5) is 32.6. The van der Waals surface area contributed by atoms with Crippen molar-refractivity contribution in [2.45, 2.75) is 33.2 Å². The summed E-state index contributed by atoms with van der Waals surface area (Å²) in [6, 6.07) is 8.57. The lowest BCUT2D eigenvalue weighted by Gasteiger charge is -2.23. The number of aromatic nitrogens is 2. The molecule has 2 rings (SSSR count). The van der Waals surface area contributed by atoms with Crippen LogP contribution in [0.25, 0.3) is 0 Å². The number of nitrogens with zero attached hydrogens (tertiary/aromatic N) is 5. The van der Waals surface area contributed by atoms with E-state index in [2.05, 4.69) is 9.97 Å². The van der Waals surface area contributed by atoms with Crippen LogP contribution in [0.2, 0.25) is 0 Å². The number of rotatable bonds is 11. The van der Waals surface area contributed by atoms with Gasteiger partial charge < -0.3 is 20.1 Å². The van der Waals surface area contributed by atoms with Crippen molar-refractivity contribution in [2.75, 3.05) is 30.4 Å². The van der Waals surface area contributed by atoms with E-state index in [-0.39, 0.29) is 37.3 Å². The number of unbranched alkanes of at least 4 members (excludes halogenated alkanes) is 1. The van der Waals surface area contributed by atoms with Crippen LogP contribution in [0.15, 0.2) is 24.3 Å². The number of ether oxygens (including phenoxy) is 2. The SMILES string of the molecule is CCCCOc1nc(N)c([N+](=O)[O-])c(N(CC(=O)OCC)Cc2cccc(C#N)c2)n1. The molecule has 2 N–H and O–H groups in total. The topological polar surface area (TPSA) is 158 Å². The van der Waals surface area contributed by atoms with Crippen LogP contribution in [-0.2, 0) is 16.1 Å². The summed E-state index contributed by atoms with van der Waals surface area (Å²) in [7, 11) is 0. The molecule has 0 aliphatic rings. The molecule has 0 aliphatic heterocycles. The molecule has 0 saturated heterocycles. The van der Waals surface area contributed by atoms with Crippen molar-refractivity contribution in [1.82, 2.24) is 9.97 Å². The Bertz CT molecular complexity index is 975. The van der Waals surface area contributed by atoms with Crippen LogP contribution in [0.4, 0.5) is 17.3 Å². The number of nitro groups is 1. The van der Waals surface area contributed by atoms with Crippen molar-refractivity contribution in [3.63, 3.8) is 0 Å². The first kappa shape index (κ1) is 23.3. The molecule has 0 fully saturated rings. The maximum Gasteiger partial charge on any atom is 0.353 e. The predicted molar refractivity (Wildman–Crippen MR) is 112 cm³/mol. The number of carbonyl (C=O) groups is 1. The number of nitrogens with two attached hydrogens (primary N) is 1. The zero-order valence-corrected chi connectivity index (χ0v) is 17.4. The zero-order valence-electron chi connectivity index (χ0n) is 17.4. The second-order valence-corrected chi connectivity index (χ2v) is 6.50. The van der Waals surface area contributed by atoms with E-state index in [9.17, 15) is 14.9 Å². The molecule has 0 bridgehead atoms. The maximum atomic E-state index is 12.2. The molecule has 164 valence electrons. The molecule has 0 atom stereocenters. The number of esters is 1. The second kappa shape index (κ2) is 11.3. The minimum absolute atomic E-state index is 0.0417. The summed E-state index contributed by atoms with van der Waals surface area (Å²) in [6.45, 7) is 3.82. The molecule has 0 radical (unpaired) electrons. The van der Waals surface area contributed by atoms with Gasteiger partial charge in [-0.05, 0) is 31.0 Å². The van der Waals surface area contributed by atoms with E-state index in [0.717, 1.165) is 12.8 Å². The second-order valence-electron chi connectivity index (χ2n) is 6.50. The highest BCUT2D eigenvalue weighted by atomic mass is 16.6. The largest absolute Gasteiger partial charge is 0.465 e. The molecule has 1 heterocycles. The van der Waals surface area contributed by atoms with Crippen LogP contribution in [-0.4, -0.2) is 40.6 Å². The Labute approximate surface area is 179 Å². The van der Waals surface area contributed by atoms with Gasteiger partial charge in [0, 0.05) is 6.54 Å². The summed E-state index contributed by atoms with van der Waals surface area (Å²) < 4.78 is 10.5. The maximum absolute atomic E-state index is 12.2. The van der Waals surface area contributed by atoms with E-state index in [1.165, 1.54) is 4.90 Å². The fourth-order valence-corrected chi connectivity index (χ4v) is 2.73. The molecule has 0 aliphatic carbocycles. The molecule has 2 aromatic rings. The predicted octanol–water partition coefficient (Wildman–Crippen LogP) is 2.59. The summed E-state index contributed by atoms with van der Waals surface area (Å²) in [6.07, 6.45) is 1.61. The van der Waals surface area contributed by atoms with Crippen LogP contribution in [0.3, 0.4) is 0 Å². The molecule has 0 saturated carbocycles. The van der Waals surface area contributed by atoms with E-state index >= 15 is 0 Å². The number of anilines is 2. The highest BCUT2D eigenvalue weighted by Gasteiger charge is 2.29. The summed E-state index contributed by atoms with van der Waals surface area (Å²) in [5.41, 5.74) is 6.35. The fraction of sp³-hybridized carbons (Fsp3) is 0.400. The van der Waals surface area contributed by atoms with E-state index < -0.39 is 16.6 Å². The third kappa shape index (κ3) is 6.53. The highest BCUT2D eigenvalue weighted by Crippen LogP contribution is 2.33. The van der Waals surface area contributed by atoms with Gasteiger partial charge in [-0.2, -0.15) is 15.2 Å². The third-order valence-corrected chi connectivity index (χ3v) is 4.14. The van der Waals surface area contributed by atoms with Crippen LogP contribution in [0, 0.1) is 21.4 Å². The monoisotopic (exact) mass is 428 g/mol. The summed E-state index contributed by atoms with van der Waals surface area (Å²) >= 11 is 0. The van der Waals surface area contributed by atoms with Gasteiger partial charge in [-0.3, -0.25) is 14.9 Å². The molecule has 0 spiro atoms. The standard InChI is InChI=1S/C20H24N6O5/c1-3-5-9-31-20-23-18(22)17(26(28)29)19(24-20)25(13-16(27)30-4-2)12-15-8-6-7-14(10-15)11-21/h6-8,10H,3-5,9,12-13H2,1-2H3,(H2,22,23,24). The molecular formula is C20H24N6O5. The van der Waals surface area contributed by atoms with E-state index in [0.29, 0.717) is 17.7 Å². The van der Waals surface area contributed by atoms with Gasteiger partial charge in [0.15, 0.2) is 0 Å². The number of hydrogen-bond donors (Lipinski definition) is 1. The quantitative estimate of drug-likeness (QED) is 0.244. The smallest absolute Gasteiger partial charge is 0.353 e. The van der Waals surface area contributed by atoms with Crippen LogP contribution in [0.5, 0.6) is 6.01 Å². The van der Waals surface area contributed by atoms with Gasteiger partial charge >= 0.3 is 17.7 Å². The average Bonchev–Trinajstić information content (AvgIpc) is 2.73. The van der Waals surface area contributed by atoms with Gasteiger partial charge in [0.05, 0.1) is 29.8 Å². The van der Waals surface area contributed by atoms with Gasteiger partial charge in [-0.1, -0.05) is 25.5 Å². The average molecular weight is 428 g/mol. The van der Waals surface area contributed by atoms with Crippen LogP contribution in [0.1, 0.15) is 37.8 Å². The Hall–Kier alpha value is -3.94. The molecule has 1 aromatic carbocycles. The molecule has 0 unspecified atom stereocenters. The first-order valence-electron chi connectivity index (χ1n) is 9.73. The van der Waals surface area contributed by atoms with Crippen molar-refractivity contribution >= 4 is 23.3 Å². The van der Waals surface area contributed by atoms with Crippen molar-refractivity contribution < 1.29 is 19.2 Å². The minimum atomic E-state index is -0.704. The Morgan fingerprint density at radius 1 is 1.35 bits per heavy atom. The van der Waals surface area contributed by atoms with Gasteiger partial charge in [0.2, 0.25) is 11.6 Å². The summed E-state index contributed by atoms with van der Waals surface area (Å²) in [5, 5.41) is 20.8. The lowest BCUT2D eigenvalue weighted by atomic mass is 10.1. The van der Waals surface area contributed by atoms with Crippen molar-refractivity contribution in [2.24, 2.45) is 0 Å². The first-order chi connectivity index (χ1) is 14.9. The first-order valence-corrected chi connectivity index (χ1v) is 9.73. The van der Waals surface area contributed by atoms with Crippen LogP contribution >= 0.6 is 0 Å². The lowest BCUT2D eigenvalue weighted by molar-refractivity contribution is -0.383. The molecule has 11 nitrogen and oxygen atoms in total. The highest BCUT2D eigenvalue weighted by molar-refractivity contribution is 5.78. The fourth-order valence-electron chi connectivity index (χ4n) is 2.73. The Morgan fingerprint density at radius 3 is 2.77 bits per heavy atom. The normalized spacial score (nSPS) is 10.2. The molecule has 1 aromatic heterocycles. The van der Waals surface area contributed by atoms with Crippen molar-refractivity contribution in [1.29, 1.82) is 5.26 Å².